The molecule has 1 aliphatic carbocycles. The lowest BCUT2D eigenvalue weighted by Gasteiger charge is -2.22. The fraction of sp³-hybridized carbons (Fsp3) is 0.364. The molecule has 2 aromatic carbocycles. The number of rotatable bonds is 2. The van der Waals surface area contributed by atoms with Gasteiger partial charge in [0.1, 0.15) is 5.75 Å². The molecule has 0 saturated heterocycles. The van der Waals surface area contributed by atoms with Crippen molar-refractivity contribution in [1.29, 1.82) is 0 Å². The molecule has 26 heavy (non-hydrogen) atoms. The number of hydrogen-bond acceptors (Lipinski definition) is 4. The SMILES string of the molecule is CC1C/C(=N/OC(=O)c2ccc(C(C)(C)C)cc2)c2ccc(O)cc2C1. The summed E-state index contributed by atoms with van der Waals surface area (Å²) >= 11 is 0. The van der Waals surface area contributed by atoms with Crippen LogP contribution in [0.15, 0.2) is 47.6 Å². The first-order valence-electron chi connectivity index (χ1n) is 8.95. The van der Waals surface area contributed by atoms with Gasteiger partial charge in [-0.25, -0.2) is 4.79 Å². The largest absolute Gasteiger partial charge is 0.508 e. The van der Waals surface area contributed by atoms with Crippen LogP contribution in [0.3, 0.4) is 0 Å². The molecule has 0 saturated carbocycles. The van der Waals surface area contributed by atoms with Crippen molar-refractivity contribution in [2.75, 3.05) is 0 Å². The Morgan fingerprint density at radius 2 is 1.81 bits per heavy atom. The molecule has 4 heteroatoms. The van der Waals surface area contributed by atoms with Crippen molar-refractivity contribution < 1.29 is 14.7 Å². The minimum atomic E-state index is -0.462. The quantitative estimate of drug-likeness (QED) is 0.622. The number of phenols is 1. The zero-order chi connectivity index (χ0) is 18.9. The number of oxime groups is 1. The molecule has 0 spiro atoms. The third-order valence-corrected chi connectivity index (χ3v) is 4.74. The van der Waals surface area contributed by atoms with Gasteiger partial charge in [-0.2, -0.15) is 0 Å². The number of fused-ring (bicyclic) bond motifs is 1. The Morgan fingerprint density at radius 3 is 2.46 bits per heavy atom. The lowest BCUT2D eigenvalue weighted by atomic mass is 9.83. The summed E-state index contributed by atoms with van der Waals surface area (Å²) in [7, 11) is 0. The van der Waals surface area contributed by atoms with Crippen LogP contribution in [-0.2, 0) is 16.7 Å². The molecular formula is C22H25NO3. The maximum atomic E-state index is 12.3. The maximum absolute atomic E-state index is 12.3. The molecule has 0 aliphatic heterocycles. The number of aromatic hydroxyl groups is 1. The summed E-state index contributed by atoms with van der Waals surface area (Å²) < 4.78 is 0. The minimum Gasteiger partial charge on any atom is -0.508 e. The van der Waals surface area contributed by atoms with E-state index in [9.17, 15) is 9.90 Å². The summed E-state index contributed by atoms with van der Waals surface area (Å²) in [5.74, 6) is 0.164. The fourth-order valence-corrected chi connectivity index (χ4v) is 3.26. The standard InChI is InChI=1S/C22H25NO3/c1-14-11-16-13-18(24)9-10-19(16)20(12-14)23-26-21(25)15-5-7-17(8-6-15)22(2,3)4/h5-10,13-14,24H,11-12H2,1-4H3/b23-20-. The average molecular weight is 351 g/mol. The monoisotopic (exact) mass is 351 g/mol. The Morgan fingerprint density at radius 1 is 1.12 bits per heavy atom. The van der Waals surface area contributed by atoms with Gasteiger partial charge < -0.3 is 9.94 Å². The van der Waals surface area contributed by atoms with E-state index in [2.05, 4.69) is 32.9 Å². The molecule has 0 fully saturated rings. The molecule has 1 N–H and O–H groups in total. The van der Waals surface area contributed by atoms with Gasteiger partial charge >= 0.3 is 5.97 Å². The van der Waals surface area contributed by atoms with Gasteiger partial charge in [-0.3, -0.25) is 0 Å². The van der Waals surface area contributed by atoms with E-state index in [0.29, 0.717) is 11.5 Å². The van der Waals surface area contributed by atoms with Crippen molar-refractivity contribution in [3.05, 3.63) is 64.7 Å². The van der Waals surface area contributed by atoms with Crippen LogP contribution < -0.4 is 0 Å². The molecule has 1 atom stereocenters. The summed E-state index contributed by atoms with van der Waals surface area (Å²) in [4.78, 5) is 17.5. The van der Waals surface area contributed by atoms with Gasteiger partial charge in [0.2, 0.25) is 0 Å². The molecule has 0 bridgehead atoms. The molecule has 3 rings (SSSR count). The predicted octanol–water partition coefficient (Wildman–Crippen LogP) is 4.83. The van der Waals surface area contributed by atoms with E-state index in [1.54, 1.807) is 24.3 Å². The first-order valence-corrected chi connectivity index (χ1v) is 8.95. The molecule has 4 nitrogen and oxygen atoms in total. The van der Waals surface area contributed by atoms with Crippen molar-refractivity contribution in [3.8, 4) is 5.75 Å². The lowest BCUT2D eigenvalue weighted by molar-refractivity contribution is 0.0515. The normalized spacial score (nSPS) is 18.5. The van der Waals surface area contributed by atoms with Crippen LogP contribution in [-0.4, -0.2) is 16.8 Å². The first-order chi connectivity index (χ1) is 12.2. The fourth-order valence-electron chi connectivity index (χ4n) is 3.26. The van der Waals surface area contributed by atoms with Crippen LogP contribution in [0.1, 0.15) is 61.2 Å². The number of nitrogens with zero attached hydrogens (tertiary/aromatic N) is 1. The zero-order valence-corrected chi connectivity index (χ0v) is 15.7. The van der Waals surface area contributed by atoms with E-state index in [1.165, 1.54) is 0 Å². The number of phenolic OH excluding ortho intramolecular Hbond substituents is 1. The van der Waals surface area contributed by atoms with Gasteiger partial charge in [0, 0.05) is 5.56 Å². The van der Waals surface area contributed by atoms with Crippen molar-refractivity contribution in [2.24, 2.45) is 11.1 Å². The second-order valence-electron chi connectivity index (χ2n) is 8.10. The van der Waals surface area contributed by atoms with Crippen LogP contribution in [0, 0.1) is 5.92 Å². The van der Waals surface area contributed by atoms with Crippen LogP contribution in [0.2, 0.25) is 0 Å². The number of benzene rings is 2. The van der Waals surface area contributed by atoms with Crippen LogP contribution in [0.5, 0.6) is 5.75 Å². The number of carbonyl (C=O) groups is 1. The molecule has 0 radical (unpaired) electrons. The molecule has 0 aromatic heterocycles. The van der Waals surface area contributed by atoms with E-state index in [0.717, 1.165) is 35.2 Å². The van der Waals surface area contributed by atoms with E-state index < -0.39 is 5.97 Å². The van der Waals surface area contributed by atoms with Crippen molar-refractivity contribution >= 4 is 11.7 Å². The van der Waals surface area contributed by atoms with Crippen LogP contribution in [0.25, 0.3) is 0 Å². The van der Waals surface area contributed by atoms with E-state index in [-0.39, 0.29) is 11.2 Å². The number of carbonyl (C=O) groups excluding carboxylic acids is 1. The Balaban J connectivity index is 1.78. The lowest BCUT2D eigenvalue weighted by Crippen LogP contribution is -2.19. The zero-order valence-electron chi connectivity index (χ0n) is 15.7. The van der Waals surface area contributed by atoms with Gasteiger partial charge in [0.15, 0.2) is 0 Å². The smallest absolute Gasteiger partial charge is 0.365 e. The van der Waals surface area contributed by atoms with Gasteiger partial charge in [-0.05, 0) is 65.6 Å². The highest BCUT2D eigenvalue weighted by molar-refractivity contribution is 6.03. The average Bonchev–Trinajstić information content (AvgIpc) is 2.58. The first kappa shape index (κ1) is 18.2. The third-order valence-electron chi connectivity index (χ3n) is 4.74. The van der Waals surface area contributed by atoms with E-state index >= 15 is 0 Å². The molecule has 136 valence electrons. The van der Waals surface area contributed by atoms with Gasteiger partial charge in [-0.15, -0.1) is 0 Å². The second-order valence-corrected chi connectivity index (χ2v) is 8.10. The van der Waals surface area contributed by atoms with Crippen molar-refractivity contribution in [2.45, 2.75) is 46.0 Å². The van der Waals surface area contributed by atoms with Crippen molar-refractivity contribution in [3.63, 3.8) is 0 Å². The minimum absolute atomic E-state index is 0.0379. The summed E-state index contributed by atoms with van der Waals surface area (Å²) in [6, 6.07) is 12.7. The van der Waals surface area contributed by atoms with E-state index in [4.69, 9.17) is 4.84 Å². The van der Waals surface area contributed by atoms with Crippen LogP contribution in [0.4, 0.5) is 0 Å². The van der Waals surface area contributed by atoms with Gasteiger partial charge in [-0.1, -0.05) is 45.0 Å². The predicted molar refractivity (Wildman–Crippen MR) is 103 cm³/mol. The molecule has 1 aliphatic rings. The molecule has 2 aromatic rings. The summed E-state index contributed by atoms with van der Waals surface area (Å²) in [5.41, 5.74) is 4.41. The molecule has 0 amide bonds. The third kappa shape index (κ3) is 3.96. The molecule has 0 heterocycles. The Kier molecular flexibility index (Phi) is 4.86. The topological polar surface area (TPSA) is 58.9 Å². The molecular weight excluding hydrogens is 326 g/mol. The summed E-state index contributed by atoms with van der Waals surface area (Å²) in [6.45, 7) is 8.51. The second kappa shape index (κ2) is 6.94. The Bertz CT molecular complexity index is 845. The highest BCUT2D eigenvalue weighted by Gasteiger charge is 2.22. The summed E-state index contributed by atoms with van der Waals surface area (Å²) in [6.07, 6.45) is 1.62. The van der Waals surface area contributed by atoms with Crippen molar-refractivity contribution in [1.82, 2.24) is 0 Å². The maximum Gasteiger partial charge on any atom is 0.365 e. The summed E-state index contributed by atoms with van der Waals surface area (Å²) in [5, 5.41) is 13.8. The molecule has 1 unspecified atom stereocenters. The Hall–Kier alpha value is -2.62. The highest BCUT2D eigenvalue weighted by atomic mass is 16.7. The highest BCUT2D eigenvalue weighted by Crippen LogP contribution is 2.29. The van der Waals surface area contributed by atoms with Gasteiger partial charge in [0.25, 0.3) is 0 Å². The number of hydrogen-bond donors (Lipinski definition) is 1. The van der Waals surface area contributed by atoms with E-state index in [1.807, 2.05) is 18.2 Å². The Labute approximate surface area is 154 Å². The van der Waals surface area contributed by atoms with Crippen LogP contribution >= 0.6 is 0 Å². The van der Waals surface area contributed by atoms with Gasteiger partial charge in [0.05, 0.1) is 11.3 Å².